The van der Waals surface area contributed by atoms with Crippen molar-refractivity contribution in [2.24, 2.45) is 11.8 Å². The Hall–Kier alpha value is -1.32. The zero-order chi connectivity index (χ0) is 16.2. The first-order valence-corrected chi connectivity index (χ1v) is 9.43. The average molecular weight is 318 g/mol. The summed E-state index contributed by atoms with van der Waals surface area (Å²) in [4.78, 5) is 28.9. The number of carbonyl (C=O) groups is 2. The second-order valence-electron chi connectivity index (χ2n) is 7.51. The third kappa shape index (κ3) is 3.96. The van der Waals surface area contributed by atoms with Crippen LogP contribution in [0.2, 0.25) is 0 Å². The molecule has 3 rings (SSSR count). The molecule has 2 saturated heterocycles. The summed E-state index contributed by atoms with van der Waals surface area (Å²) >= 11 is 0. The minimum atomic E-state index is 0.154. The third-order valence-electron chi connectivity index (χ3n) is 5.76. The standard InChI is InChI=1S/C19H30N2O2/c1-15-10-13-20(14-11-15)18(22)8-9-19(23)21-12-4-6-16-5-2-3-7-17(16)21/h7,15-16H,2-6,8-14H2,1H3. The molecule has 1 atom stereocenters. The van der Waals surface area contributed by atoms with Gasteiger partial charge in [0.1, 0.15) is 0 Å². The summed E-state index contributed by atoms with van der Waals surface area (Å²) in [7, 11) is 0. The Bertz CT molecular complexity index is 478. The summed E-state index contributed by atoms with van der Waals surface area (Å²) < 4.78 is 0. The van der Waals surface area contributed by atoms with E-state index in [1.165, 1.54) is 25.0 Å². The van der Waals surface area contributed by atoms with Crippen molar-refractivity contribution in [3.63, 3.8) is 0 Å². The van der Waals surface area contributed by atoms with Crippen LogP contribution in [-0.2, 0) is 9.59 Å². The van der Waals surface area contributed by atoms with E-state index in [2.05, 4.69) is 13.0 Å². The molecule has 2 heterocycles. The first-order valence-electron chi connectivity index (χ1n) is 9.43. The fourth-order valence-corrected chi connectivity index (χ4v) is 4.21. The number of carbonyl (C=O) groups excluding carboxylic acids is 2. The Balaban J connectivity index is 1.50. The number of rotatable bonds is 3. The zero-order valence-electron chi connectivity index (χ0n) is 14.4. The lowest BCUT2D eigenvalue weighted by Gasteiger charge is -2.38. The third-order valence-corrected chi connectivity index (χ3v) is 5.76. The summed E-state index contributed by atoms with van der Waals surface area (Å²) in [5.74, 6) is 1.63. The quantitative estimate of drug-likeness (QED) is 0.801. The Morgan fingerprint density at radius 1 is 1.00 bits per heavy atom. The molecule has 0 aromatic heterocycles. The van der Waals surface area contributed by atoms with Crippen LogP contribution in [0, 0.1) is 11.8 Å². The topological polar surface area (TPSA) is 40.6 Å². The monoisotopic (exact) mass is 318 g/mol. The summed E-state index contributed by atoms with van der Waals surface area (Å²) in [6.45, 7) is 4.82. The highest BCUT2D eigenvalue weighted by Gasteiger charge is 2.30. The van der Waals surface area contributed by atoms with Gasteiger partial charge in [0.05, 0.1) is 0 Å². The predicted molar refractivity (Wildman–Crippen MR) is 90.6 cm³/mol. The largest absolute Gasteiger partial charge is 0.343 e. The Morgan fingerprint density at radius 2 is 1.70 bits per heavy atom. The van der Waals surface area contributed by atoms with Gasteiger partial charge in [-0.15, -0.1) is 0 Å². The Labute approximate surface area is 139 Å². The first-order chi connectivity index (χ1) is 11.1. The van der Waals surface area contributed by atoms with Gasteiger partial charge in [-0.1, -0.05) is 13.0 Å². The minimum absolute atomic E-state index is 0.154. The van der Waals surface area contributed by atoms with Crippen molar-refractivity contribution in [3.8, 4) is 0 Å². The summed E-state index contributed by atoms with van der Waals surface area (Å²) in [6, 6.07) is 0. The highest BCUT2D eigenvalue weighted by molar-refractivity contribution is 5.85. The first kappa shape index (κ1) is 16.5. The molecule has 4 heteroatoms. The van der Waals surface area contributed by atoms with Crippen molar-refractivity contribution in [2.45, 2.75) is 64.7 Å². The Kier molecular flexibility index (Phi) is 5.39. The number of hydrogen-bond donors (Lipinski definition) is 0. The molecule has 4 nitrogen and oxygen atoms in total. The SMILES string of the molecule is CC1CCN(C(=O)CCC(=O)N2CCCC3CCCC=C32)CC1. The van der Waals surface area contributed by atoms with Gasteiger partial charge >= 0.3 is 0 Å². The molecular formula is C19H30N2O2. The second kappa shape index (κ2) is 7.50. The van der Waals surface area contributed by atoms with Gasteiger partial charge in [-0.3, -0.25) is 9.59 Å². The van der Waals surface area contributed by atoms with Gasteiger partial charge in [0.2, 0.25) is 11.8 Å². The second-order valence-corrected chi connectivity index (χ2v) is 7.51. The van der Waals surface area contributed by atoms with E-state index in [1.54, 1.807) is 0 Å². The fraction of sp³-hybridized carbons (Fsp3) is 0.789. The normalized spacial score (nSPS) is 25.8. The molecule has 0 spiro atoms. The van der Waals surface area contributed by atoms with Crippen LogP contribution in [0.1, 0.15) is 64.7 Å². The van der Waals surface area contributed by atoms with E-state index in [4.69, 9.17) is 0 Å². The van der Waals surface area contributed by atoms with Gasteiger partial charge in [-0.05, 0) is 56.8 Å². The predicted octanol–water partition coefficient (Wildman–Crippen LogP) is 3.33. The number of amides is 2. The van der Waals surface area contributed by atoms with Crippen LogP contribution >= 0.6 is 0 Å². The molecule has 3 aliphatic rings. The lowest BCUT2D eigenvalue weighted by Crippen LogP contribution is -2.41. The summed E-state index contributed by atoms with van der Waals surface area (Å²) in [6.07, 6.45) is 11.1. The van der Waals surface area contributed by atoms with Crippen LogP contribution in [0.15, 0.2) is 11.8 Å². The van der Waals surface area contributed by atoms with E-state index >= 15 is 0 Å². The smallest absolute Gasteiger partial charge is 0.227 e. The van der Waals surface area contributed by atoms with Crippen molar-refractivity contribution in [3.05, 3.63) is 11.8 Å². The van der Waals surface area contributed by atoms with Crippen LogP contribution in [0.4, 0.5) is 0 Å². The van der Waals surface area contributed by atoms with Crippen molar-refractivity contribution in [2.75, 3.05) is 19.6 Å². The molecule has 2 amide bonds. The molecule has 1 aliphatic carbocycles. The minimum Gasteiger partial charge on any atom is -0.343 e. The van der Waals surface area contributed by atoms with E-state index in [-0.39, 0.29) is 11.8 Å². The molecule has 23 heavy (non-hydrogen) atoms. The number of piperidine rings is 2. The van der Waals surface area contributed by atoms with Crippen LogP contribution in [0.25, 0.3) is 0 Å². The molecule has 0 saturated carbocycles. The van der Waals surface area contributed by atoms with E-state index in [0.717, 1.165) is 51.2 Å². The van der Waals surface area contributed by atoms with Gasteiger partial charge in [0.15, 0.2) is 0 Å². The van der Waals surface area contributed by atoms with Crippen LogP contribution < -0.4 is 0 Å². The van der Waals surface area contributed by atoms with Gasteiger partial charge in [0.25, 0.3) is 0 Å². The average Bonchev–Trinajstić information content (AvgIpc) is 2.59. The maximum atomic E-state index is 12.6. The highest BCUT2D eigenvalue weighted by atomic mass is 16.2. The number of hydrogen-bond acceptors (Lipinski definition) is 2. The van der Waals surface area contributed by atoms with Gasteiger partial charge in [-0.25, -0.2) is 0 Å². The van der Waals surface area contributed by atoms with Crippen LogP contribution in [0.3, 0.4) is 0 Å². The molecule has 0 radical (unpaired) electrons. The lowest BCUT2D eigenvalue weighted by molar-refractivity contribution is -0.137. The van der Waals surface area contributed by atoms with E-state index < -0.39 is 0 Å². The van der Waals surface area contributed by atoms with E-state index in [9.17, 15) is 9.59 Å². The van der Waals surface area contributed by atoms with E-state index in [0.29, 0.717) is 18.8 Å². The van der Waals surface area contributed by atoms with Crippen molar-refractivity contribution < 1.29 is 9.59 Å². The molecule has 1 unspecified atom stereocenters. The number of nitrogens with zero attached hydrogens (tertiary/aromatic N) is 2. The van der Waals surface area contributed by atoms with Crippen LogP contribution in [0.5, 0.6) is 0 Å². The van der Waals surface area contributed by atoms with Gasteiger partial charge in [0, 0.05) is 38.2 Å². The molecule has 0 aromatic rings. The summed E-state index contributed by atoms with van der Waals surface area (Å²) in [5, 5.41) is 0. The maximum absolute atomic E-state index is 12.6. The molecule has 0 N–H and O–H groups in total. The lowest BCUT2D eigenvalue weighted by atomic mass is 9.85. The molecule has 2 fully saturated rings. The van der Waals surface area contributed by atoms with E-state index in [1.807, 2.05) is 9.80 Å². The highest BCUT2D eigenvalue weighted by Crippen LogP contribution is 2.35. The number of allylic oxidation sites excluding steroid dienone is 2. The number of fused-ring (bicyclic) bond motifs is 1. The fourth-order valence-electron chi connectivity index (χ4n) is 4.21. The van der Waals surface area contributed by atoms with Crippen molar-refractivity contribution in [1.82, 2.24) is 9.80 Å². The molecule has 0 aromatic carbocycles. The Morgan fingerprint density at radius 3 is 2.48 bits per heavy atom. The summed E-state index contributed by atoms with van der Waals surface area (Å²) in [5.41, 5.74) is 1.26. The van der Waals surface area contributed by atoms with Crippen LogP contribution in [-0.4, -0.2) is 41.2 Å². The molecule has 128 valence electrons. The zero-order valence-corrected chi connectivity index (χ0v) is 14.4. The number of likely N-dealkylation sites (tertiary alicyclic amines) is 2. The molecule has 0 bridgehead atoms. The molecular weight excluding hydrogens is 288 g/mol. The molecule has 2 aliphatic heterocycles. The van der Waals surface area contributed by atoms with Gasteiger partial charge in [-0.2, -0.15) is 0 Å². The van der Waals surface area contributed by atoms with Crippen molar-refractivity contribution >= 4 is 11.8 Å². The van der Waals surface area contributed by atoms with Crippen molar-refractivity contribution in [1.29, 1.82) is 0 Å². The van der Waals surface area contributed by atoms with Gasteiger partial charge < -0.3 is 9.80 Å². The maximum Gasteiger partial charge on any atom is 0.227 e.